The van der Waals surface area contributed by atoms with Gasteiger partial charge in [-0.1, -0.05) is 6.07 Å². The van der Waals surface area contributed by atoms with Crippen LogP contribution in [0.15, 0.2) is 30.3 Å². The minimum atomic E-state index is -0.246. The summed E-state index contributed by atoms with van der Waals surface area (Å²) in [5.41, 5.74) is 7.30. The smallest absolute Gasteiger partial charge is 0.242 e. The van der Waals surface area contributed by atoms with Crippen LogP contribution in [0.25, 0.3) is 0 Å². The molecule has 0 aliphatic carbocycles. The average molecular weight is 343 g/mol. The molecule has 1 atom stereocenters. The van der Waals surface area contributed by atoms with Crippen LogP contribution >= 0.6 is 0 Å². The molecule has 2 heterocycles. The molecule has 0 spiro atoms. The van der Waals surface area contributed by atoms with Crippen LogP contribution in [-0.2, 0) is 16.1 Å². The Bertz CT molecular complexity index is 801. The van der Waals surface area contributed by atoms with Crippen LogP contribution in [0.5, 0.6) is 5.75 Å². The third-order valence-electron chi connectivity index (χ3n) is 4.08. The quantitative estimate of drug-likeness (QED) is 0.832. The van der Waals surface area contributed by atoms with Crippen LogP contribution in [0.2, 0.25) is 0 Å². The van der Waals surface area contributed by atoms with E-state index >= 15 is 0 Å². The molecule has 0 bridgehead atoms. The fourth-order valence-corrected chi connectivity index (χ4v) is 2.93. The molecule has 1 aliphatic rings. The number of hydrogen-bond donors (Lipinski definition) is 2. The van der Waals surface area contributed by atoms with Gasteiger partial charge in [0.25, 0.3) is 0 Å². The first kappa shape index (κ1) is 16.8. The number of nitrogens with two attached hydrogens (primary N) is 1. The molecule has 2 amide bonds. The van der Waals surface area contributed by atoms with E-state index in [1.807, 2.05) is 25.1 Å². The van der Waals surface area contributed by atoms with E-state index in [2.05, 4.69) is 10.4 Å². The Morgan fingerprint density at radius 3 is 2.92 bits per heavy atom. The minimum absolute atomic E-state index is 0.0313. The molecule has 1 saturated heterocycles. The van der Waals surface area contributed by atoms with E-state index in [0.29, 0.717) is 18.1 Å². The number of nitrogen functional groups attached to an aromatic ring is 1. The molecular formula is C17H21N5O3. The molecule has 8 nitrogen and oxygen atoms in total. The minimum Gasteiger partial charge on any atom is -0.497 e. The first-order valence-electron chi connectivity index (χ1n) is 8.00. The normalized spacial score (nSPS) is 17.0. The summed E-state index contributed by atoms with van der Waals surface area (Å²) < 4.78 is 6.64. The van der Waals surface area contributed by atoms with Crippen molar-refractivity contribution in [3.63, 3.8) is 0 Å². The maximum atomic E-state index is 12.3. The highest BCUT2D eigenvalue weighted by molar-refractivity contribution is 5.97. The first-order valence-corrected chi connectivity index (χ1v) is 8.00. The van der Waals surface area contributed by atoms with Gasteiger partial charge < -0.3 is 20.7 Å². The summed E-state index contributed by atoms with van der Waals surface area (Å²) >= 11 is 0. The van der Waals surface area contributed by atoms with Gasteiger partial charge in [0, 0.05) is 30.8 Å². The molecule has 8 heteroatoms. The van der Waals surface area contributed by atoms with Gasteiger partial charge in [0.1, 0.15) is 18.1 Å². The second kappa shape index (κ2) is 6.84. The van der Waals surface area contributed by atoms with Gasteiger partial charge in [-0.25, -0.2) is 4.68 Å². The SMILES string of the molecule is COc1cccc(N2C[C@@H](NC(=O)Cn3nc(C)cc3N)CC2=O)c1. The lowest BCUT2D eigenvalue weighted by Crippen LogP contribution is -2.39. The standard InChI is InChI=1S/C17H21N5O3/c1-11-6-15(18)22(20-11)10-16(23)19-12-7-17(24)21(9-12)13-4-3-5-14(8-13)25-2/h3-6,8,12H,7,9-10,18H2,1-2H3,(H,19,23)/t12-/m0/s1. The topological polar surface area (TPSA) is 102 Å². The van der Waals surface area contributed by atoms with Gasteiger partial charge >= 0.3 is 0 Å². The average Bonchev–Trinajstić information content (AvgIpc) is 3.09. The highest BCUT2D eigenvalue weighted by Gasteiger charge is 2.31. The summed E-state index contributed by atoms with van der Waals surface area (Å²) in [5, 5.41) is 7.03. The zero-order valence-corrected chi connectivity index (χ0v) is 14.2. The molecule has 1 aromatic heterocycles. The Balaban J connectivity index is 1.62. The molecule has 1 aromatic carbocycles. The van der Waals surface area contributed by atoms with E-state index < -0.39 is 0 Å². The lowest BCUT2D eigenvalue weighted by molar-refractivity contribution is -0.122. The number of methoxy groups -OCH3 is 1. The monoisotopic (exact) mass is 343 g/mol. The molecule has 25 heavy (non-hydrogen) atoms. The van der Waals surface area contributed by atoms with Gasteiger partial charge in [-0.05, 0) is 19.1 Å². The van der Waals surface area contributed by atoms with Crippen LogP contribution < -0.4 is 20.7 Å². The molecular weight excluding hydrogens is 322 g/mol. The third kappa shape index (κ3) is 3.73. The maximum absolute atomic E-state index is 12.3. The number of amides is 2. The molecule has 3 rings (SSSR count). The Kier molecular flexibility index (Phi) is 4.60. The van der Waals surface area contributed by atoms with Crippen LogP contribution in [0, 0.1) is 6.92 Å². The van der Waals surface area contributed by atoms with Crippen molar-refractivity contribution in [2.24, 2.45) is 0 Å². The molecule has 132 valence electrons. The summed E-state index contributed by atoms with van der Waals surface area (Å²) in [5.74, 6) is 0.864. The molecule has 1 aliphatic heterocycles. The van der Waals surface area contributed by atoms with E-state index in [1.165, 1.54) is 4.68 Å². The van der Waals surface area contributed by atoms with Gasteiger partial charge in [-0.2, -0.15) is 5.10 Å². The van der Waals surface area contributed by atoms with E-state index in [1.54, 1.807) is 24.1 Å². The zero-order valence-electron chi connectivity index (χ0n) is 14.2. The fraction of sp³-hybridized carbons (Fsp3) is 0.353. The van der Waals surface area contributed by atoms with E-state index in [-0.39, 0.29) is 30.8 Å². The summed E-state index contributed by atoms with van der Waals surface area (Å²) in [6.07, 6.45) is 0.260. The third-order valence-corrected chi connectivity index (χ3v) is 4.08. The number of rotatable bonds is 5. The fourth-order valence-electron chi connectivity index (χ4n) is 2.93. The van der Waals surface area contributed by atoms with Crippen LogP contribution in [-0.4, -0.2) is 41.3 Å². The van der Waals surface area contributed by atoms with Crippen molar-refractivity contribution < 1.29 is 14.3 Å². The van der Waals surface area contributed by atoms with Crippen molar-refractivity contribution >= 4 is 23.3 Å². The lowest BCUT2D eigenvalue weighted by atomic mass is 10.2. The molecule has 3 N–H and O–H groups in total. The van der Waals surface area contributed by atoms with Crippen molar-refractivity contribution in [1.29, 1.82) is 0 Å². The molecule has 1 fully saturated rings. The number of carbonyl (C=O) groups is 2. The number of aryl methyl sites for hydroxylation is 1. The van der Waals surface area contributed by atoms with Crippen LogP contribution in [0.1, 0.15) is 12.1 Å². The number of aromatic nitrogens is 2. The van der Waals surface area contributed by atoms with Gasteiger partial charge in [-0.3, -0.25) is 9.59 Å². The van der Waals surface area contributed by atoms with Gasteiger partial charge in [0.15, 0.2) is 0 Å². The molecule has 0 unspecified atom stereocenters. The van der Waals surface area contributed by atoms with Crippen molar-refractivity contribution in [2.45, 2.75) is 25.9 Å². The van der Waals surface area contributed by atoms with Gasteiger partial charge in [0.2, 0.25) is 11.8 Å². The van der Waals surface area contributed by atoms with Crippen molar-refractivity contribution in [3.05, 3.63) is 36.0 Å². The lowest BCUT2D eigenvalue weighted by Gasteiger charge is -2.18. The van der Waals surface area contributed by atoms with Crippen LogP contribution in [0.4, 0.5) is 11.5 Å². The van der Waals surface area contributed by atoms with Crippen LogP contribution in [0.3, 0.4) is 0 Å². The Labute approximate surface area is 145 Å². The Morgan fingerprint density at radius 2 is 2.24 bits per heavy atom. The van der Waals surface area contributed by atoms with Crippen molar-refractivity contribution in [2.75, 3.05) is 24.3 Å². The molecule has 2 aromatic rings. The largest absolute Gasteiger partial charge is 0.497 e. The number of anilines is 2. The summed E-state index contributed by atoms with van der Waals surface area (Å²) in [6, 6.07) is 8.75. The predicted molar refractivity (Wildman–Crippen MR) is 93.3 cm³/mol. The van der Waals surface area contributed by atoms with Crippen molar-refractivity contribution in [1.82, 2.24) is 15.1 Å². The van der Waals surface area contributed by atoms with E-state index in [9.17, 15) is 9.59 Å². The number of nitrogens with one attached hydrogen (secondary N) is 1. The number of ether oxygens (including phenoxy) is 1. The molecule has 0 saturated carbocycles. The number of hydrogen-bond acceptors (Lipinski definition) is 5. The highest BCUT2D eigenvalue weighted by atomic mass is 16.5. The summed E-state index contributed by atoms with van der Waals surface area (Å²) in [6.45, 7) is 2.27. The van der Waals surface area contributed by atoms with E-state index in [0.717, 1.165) is 11.4 Å². The zero-order chi connectivity index (χ0) is 18.0. The Morgan fingerprint density at radius 1 is 1.44 bits per heavy atom. The maximum Gasteiger partial charge on any atom is 0.242 e. The molecule has 0 radical (unpaired) electrons. The number of benzene rings is 1. The first-order chi connectivity index (χ1) is 12.0. The number of nitrogens with zero attached hydrogens (tertiary/aromatic N) is 3. The summed E-state index contributed by atoms with van der Waals surface area (Å²) in [4.78, 5) is 26.1. The van der Waals surface area contributed by atoms with Crippen molar-refractivity contribution in [3.8, 4) is 5.75 Å². The van der Waals surface area contributed by atoms with Gasteiger partial charge in [0.05, 0.1) is 18.8 Å². The second-order valence-corrected chi connectivity index (χ2v) is 6.04. The predicted octanol–water partition coefficient (Wildman–Crippen LogP) is 0.704. The van der Waals surface area contributed by atoms with Gasteiger partial charge in [-0.15, -0.1) is 0 Å². The number of carbonyl (C=O) groups excluding carboxylic acids is 2. The Hall–Kier alpha value is -3.03. The summed E-state index contributed by atoms with van der Waals surface area (Å²) in [7, 11) is 1.58. The highest BCUT2D eigenvalue weighted by Crippen LogP contribution is 2.25. The second-order valence-electron chi connectivity index (χ2n) is 6.04. The van der Waals surface area contributed by atoms with E-state index in [4.69, 9.17) is 10.5 Å².